The summed E-state index contributed by atoms with van der Waals surface area (Å²) >= 11 is 0. The monoisotopic (exact) mass is 306 g/mol. The Hall–Kier alpha value is -1.82. The summed E-state index contributed by atoms with van der Waals surface area (Å²) in [5, 5.41) is 0. The molecule has 0 unspecified atom stereocenters. The lowest BCUT2D eigenvalue weighted by molar-refractivity contribution is -0.00898. The number of carbonyl (C=O) groups is 1. The highest BCUT2D eigenvalue weighted by Crippen LogP contribution is 2.19. The van der Waals surface area contributed by atoms with E-state index in [9.17, 15) is 4.79 Å². The fraction of sp³-hybridized carbons (Fsp3) is 0.625. The van der Waals surface area contributed by atoms with Crippen LogP contribution in [-0.4, -0.2) is 54.5 Å². The van der Waals surface area contributed by atoms with Gasteiger partial charge in [0.1, 0.15) is 12.2 Å². The Bertz CT molecular complexity index is 517. The van der Waals surface area contributed by atoms with Gasteiger partial charge in [-0.25, -0.2) is 9.78 Å². The second-order valence-electron chi connectivity index (χ2n) is 5.79. The van der Waals surface area contributed by atoms with Gasteiger partial charge in [0.2, 0.25) is 5.88 Å². The first-order valence-corrected chi connectivity index (χ1v) is 7.84. The summed E-state index contributed by atoms with van der Waals surface area (Å²) in [5.41, 5.74) is 0.922. The topological polar surface area (TPSA) is 60.9 Å². The largest absolute Gasteiger partial charge is 0.472 e. The fourth-order valence-corrected chi connectivity index (χ4v) is 2.76. The second kappa shape index (κ2) is 6.96. The number of rotatable bonds is 3. The van der Waals surface area contributed by atoms with E-state index in [2.05, 4.69) is 4.98 Å². The van der Waals surface area contributed by atoms with Crippen molar-refractivity contribution in [1.29, 1.82) is 0 Å². The quantitative estimate of drug-likeness (QED) is 0.856. The first kappa shape index (κ1) is 15.1. The van der Waals surface area contributed by atoms with E-state index in [4.69, 9.17) is 14.2 Å². The lowest BCUT2D eigenvalue weighted by Crippen LogP contribution is -2.36. The lowest BCUT2D eigenvalue weighted by atomic mass is 10.2. The van der Waals surface area contributed by atoms with Crippen LogP contribution in [0.4, 0.5) is 4.79 Å². The third-order valence-corrected chi connectivity index (χ3v) is 3.99. The van der Waals surface area contributed by atoms with Crippen LogP contribution in [0.2, 0.25) is 0 Å². The number of likely N-dealkylation sites (tertiary alicyclic amines) is 1. The van der Waals surface area contributed by atoms with Crippen molar-refractivity contribution in [2.75, 3.05) is 26.3 Å². The zero-order valence-electron chi connectivity index (χ0n) is 12.9. The number of ether oxygens (including phenoxy) is 3. The standard InChI is InChI=1S/C16H22N2O4/c1-12-3-2-4-15(17-12)21-14-5-8-18(11-14)16(19)22-13-6-9-20-10-7-13/h2-4,13-14H,5-11H2,1H3/t14-/m1/s1. The van der Waals surface area contributed by atoms with Crippen LogP contribution in [0.25, 0.3) is 0 Å². The zero-order valence-corrected chi connectivity index (χ0v) is 12.9. The maximum atomic E-state index is 12.2. The maximum Gasteiger partial charge on any atom is 0.410 e. The minimum absolute atomic E-state index is 0.0142. The Morgan fingerprint density at radius 2 is 2.09 bits per heavy atom. The minimum Gasteiger partial charge on any atom is -0.472 e. The molecule has 0 aromatic carbocycles. The van der Waals surface area contributed by atoms with Crippen LogP contribution in [0.3, 0.4) is 0 Å². The van der Waals surface area contributed by atoms with Gasteiger partial charge in [-0.15, -0.1) is 0 Å². The number of carbonyl (C=O) groups excluding carboxylic acids is 1. The number of aryl methyl sites for hydroxylation is 1. The van der Waals surface area contributed by atoms with Crippen LogP contribution in [0.5, 0.6) is 5.88 Å². The first-order valence-electron chi connectivity index (χ1n) is 7.84. The molecule has 1 aromatic heterocycles. The van der Waals surface area contributed by atoms with Gasteiger partial charge in [0, 0.05) is 37.6 Å². The van der Waals surface area contributed by atoms with Crippen molar-refractivity contribution in [3.8, 4) is 5.88 Å². The van der Waals surface area contributed by atoms with E-state index in [-0.39, 0.29) is 18.3 Å². The molecular formula is C16H22N2O4. The average Bonchev–Trinajstić information content (AvgIpc) is 2.97. The number of hydrogen-bond acceptors (Lipinski definition) is 5. The Kier molecular flexibility index (Phi) is 4.77. The Morgan fingerprint density at radius 3 is 2.86 bits per heavy atom. The van der Waals surface area contributed by atoms with Gasteiger partial charge in [-0.2, -0.15) is 0 Å². The first-order chi connectivity index (χ1) is 10.7. The number of aromatic nitrogens is 1. The van der Waals surface area contributed by atoms with Gasteiger partial charge in [-0.3, -0.25) is 0 Å². The highest BCUT2D eigenvalue weighted by Gasteiger charge is 2.30. The summed E-state index contributed by atoms with van der Waals surface area (Å²) in [5.74, 6) is 0.615. The van der Waals surface area contributed by atoms with E-state index >= 15 is 0 Å². The van der Waals surface area contributed by atoms with Crippen LogP contribution >= 0.6 is 0 Å². The second-order valence-corrected chi connectivity index (χ2v) is 5.79. The average molecular weight is 306 g/mol. The van der Waals surface area contributed by atoms with Crippen LogP contribution < -0.4 is 4.74 Å². The van der Waals surface area contributed by atoms with Gasteiger partial charge in [0.15, 0.2) is 0 Å². The van der Waals surface area contributed by atoms with Crippen molar-refractivity contribution in [1.82, 2.24) is 9.88 Å². The number of amides is 1. The van der Waals surface area contributed by atoms with Gasteiger partial charge >= 0.3 is 6.09 Å². The molecule has 0 radical (unpaired) electrons. The maximum absolute atomic E-state index is 12.2. The summed E-state index contributed by atoms with van der Waals surface area (Å²) in [4.78, 5) is 18.2. The van der Waals surface area contributed by atoms with E-state index in [1.807, 2.05) is 25.1 Å². The minimum atomic E-state index is -0.241. The molecule has 0 aliphatic carbocycles. The molecule has 3 heterocycles. The van der Waals surface area contributed by atoms with Gasteiger partial charge in [-0.1, -0.05) is 6.07 Å². The van der Waals surface area contributed by atoms with E-state index in [1.54, 1.807) is 4.90 Å². The lowest BCUT2D eigenvalue weighted by Gasteiger charge is -2.25. The molecule has 0 saturated carbocycles. The van der Waals surface area contributed by atoms with Crippen LogP contribution in [0, 0.1) is 6.92 Å². The summed E-state index contributed by atoms with van der Waals surface area (Å²) in [6.45, 7) is 4.49. The SMILES string of the molecule is Cc1cccc(O[C@@H]2CCN(C(=O)OC3CCOCC3)C2)n1. The highest BCUT2D eigenvalue weighted by atomic mass is 16.6. The molecule has 3 rings (SSSR count). The molecule has 2 saturated heterocycles. The predicted molar refractivity (Wildman–Crippen MR) is 79.9 cm³/mol. The number of hydrogen-bond donors (Lipinski definition) is 0. The molecular weight excluding hydrogens is 284 g/mol. The highest BCUT2D eigenvalue weighted by molar-refractivity contribution is 5.68. The number of pyridine rings is 1. The summed E-state index contributed by atoms with van der Waals surface area (Å²) in [6.07, 6.45) is 2.10. The van der Waals surface area contributed by atoms with Gasteiger partial charge in [0.05, 0.1) is 19.8 Å². The molecule has 1 amide bonds. The van der Waals surface area contributed by atoms with E-state index < -0.39 is 0 Å². The van der Waals surface area contributed by atoms with Gasteiger partial charge in [0.25, 0.3) is 0 Å². The molecule has 22 heavy (non-hydrogen) atoms. The Morgan fingerprint density at radius 1 is 1.27 bits per heavy atom. The van der Waals surface area contributed by atoms with Gasteiger partial charge in [-0.05, 0) is 13.0 Å². The summed E-state index contributed by atoms with van der Waals surface area (Å²) in [7, 11) is 0. The molecule has 0 spiro atoms. The fourth-order valence-electron chi connectivity index (χ4n) is 2.76. The van der Waals surface area contributed by atoms with Crippen molar-refractivity contribution in [3.05, 3.63) is 23.9 Å². The molecule has 1 aromatic rings. The predicted octanol–water partition coefficient (Wildman–Crippen LogP) is 2.16. The smallest absolute Gasteiger partial charge is 0.410 e. The third-order valence-electron chi connectivity index (χ3n) is 3.99. The molecule has 2 aliphatic heterocycles. The Balaban J connectivity index is 1.48. The van der Waals surface area contributed by atoms with E-state index in [0.717, 1.165) is 25.0 Å². The molecule has 2 aliphatic rings. The summed E-state index contributed by atoms with van der Waals surface area (Å²) in [6, 6.07) is 5.69. The van der Waals surface area contributed by atoms with Crippen LogP contribution in [-0.2, 0) is 9.47 Å². The molecule has 0 bridgehead atoms. The van der Waals surface area contributed by atoms with Crippen molar-refractivity contribution in [3.63, 3.8) is 0 Å². The summed E-state index contributed by atoms with van der Waals surface area (Å²) < 4.78 is 16.6. The van der Waals surface area contributed by atoms with E-state index in [0.29, 0.717) is 32.2 Å². The third kappa shape index (κ3) is 3.88. The normalized spacial score (nSPS) is 22.6. The Labute approximate surface area is 130 Å². The molecule has 0 N–H and O–H groups in total. The van der Waals surface area contributed by atoms with Crippen molar-refractivity contribution in [2.45, 2.75) is 38.4 Å². The van der Waals surface area contributed by atoms with Crippen LogP contribution in [0.15, 0.2) is 18.2 Å². The van der Waals surface area contributed by atoms with Crippen molar-refractivity contribution in [2.24, 2.45) is 0 Å². The van der Waals surface area contributed by atoms with E-state index in [1.165, 1.54) is 0 Å². The molecule has 1 atom stereocenters. The van der Waals surface area contributed by atoms with Crippen molar-refractivity contribution >= 4 is 6.09 Å². The van der Waals surface area contributed by atoms with Crippen LogP contribution in [0.1, 0.15) is 25.0 Å². The molecule has 6 heteroatoms. The van der Waals surface area contributed by atoms with Gasteiger partial charge < -0.3 is 19.1 Å². The molecule has 6 nitrogen and oxygen atoms in total. The zero-order chi connectivity index (χ0) is 15.4. The molecule has 2 fully saturated rings. The van der Waals surface area contributed by atoms with Crippen molar-refractivity contribution < 1.29 is 19.0 Å². The molecule has 120 valence electrons. The number of nitrogens with zero attached hydrogens (tertiary/aromatic N) is 2.